The Balaban J connectivity index is 2.36. The summed E-state index contributed by atoms with van der Waals surface area (Å²) >= 11 is 0. The number of aliphatic hydroxyl groups excluding tert-OH is 1. The molecular formula is C12H14N4O4. The largest absolute Gasteiger partial charge is 0.383 e. The van der Waals surface area contributed by atoms with Crippen LogP contribution < -0.4 is 5.73 Å². The van der Waals surface area contributed by atoms with Gasteiger partial charge < -0.3 is 15.4 Å². The number of benzene rings is 1. The van der Waals surface area contributed by atoms with Crippen LogP contribution in [0.5, 0.6) is 0 Å². The maximum Gasteiger partial charge on any atom is 0.270 e. The second-order valence-electron chi connectivity index (χ2n) is 4.31. The number of hydrogen-bond acceptors (Lipinski definition) is 7. The number of hydrogen-bond donors (Lipinski definition) is 2. The molecule has 8 heteroatoms. The van der Waals surface area contributed by atoms with E-state index in [4.69, 9.17) is 10.3 Å². The summed E-state index contributed by atoms with van der Waals surface area (Å²) in [4.78, 5) is 14.3. The van der Waals surface area contributed by atoms with Crippen LogP contribution in [0.25, 0.3) is 11.4 Å². The lowest BCUT2D eigenvalue weighted by Gasteiger charge is -2.02. The molecule has 1 aromatic carbocycles. The van der Waals surface area contributed by atoms with Gasteiger partial charge in [0.15, 0.2) is 0 Å². The van der Waals surface area contributed by atoms with Gasteiger partial charge in [0.25, 0.3) is 11.6 Å². The summed E-state index contributed by atoms with van der Waals surface area (Å²) in [6, 6.07) is 4.39. The maximum absolute atomic E-state index is 10.8. The van der Waals surface area contributed by atoms with Crippen LogP contribution in [0.2, 0.25) is 0 Å². The van der Waals surface area contributed by atoms with Crippen molar-refractivity contribution in [3.8, 4) is 11.4 Å². The molecule has 2 rings (SSSR count). The first kappa shape index (κ1) is 14.1. The quantitative estimate of drug-likeness (QED) is 0.623. The zero-order chi connectivity index (χ0) is 14.7. The average Bonchev–Trinajstić information content (AvgIpc) is 2.88. The maximum atomic E-state index is 10.8. The minimum Gasteiger partial charge on any atom is -0.383 e. The van der Waals surface area contributed by atoms with Crippen LogP contribution in [0, 0.1) is 17.0 Å². The van der Waals surface area contributed by atoms with Gasteiger partial charge in [0.05, 0.1) is 4.92 Å². The van der Waals surface area contributed by atoms with Gasteiger partial charge in [-0.1, -0.05) is 11.2 Å². The van der Waals surface area contributed by atoms with Crippen LogP contribution in [-0.2, 0) is 0 Å². The van der Waals surface area contributed by atoms with E-state index in [2.05, 4.69) is 10.1 Å². The van der Waals surface area contributed by atoms with Crippen LogP contribution in [-0.4, -0.2) is 26.7 Å². The Labute approximate surface area is 114 Å². The van der Waals surface area contributed by atoms with Gasteiger partial charge in [0.2, 0.25) is 5.82 Å². The predicted molar refractivity (Wildman–Crippen MR) is 69.8 cm³/mol. The summed E-state index contributed by atoms with van der Waals surface area (Å²) in [5.74, 6) is 0.258. The highest BCUT2D eigenvalue weighted by atomic mass is 16.6. The van der Waals surface area contributed by atoms with Gasteiger partial charge in [0.1, 0.15) is 6.10 Å². The Kier molecular flexibility index (Phi) is 4.06. The van der Waals surface area contributed by atoms with Crippen molar-refractivity contribution in [3.63, 3.8) is 0 Å². The molecule has 0 radical (unpaired) electrons. The van der Waals surface area contributed by atoms with Crippen LogP contribution in [0.3, 0.4) is 0 Å². The monoisotopic (exact) mass is 278 g/mol. The number of aryl methyl sites for hydroxylation is 1. The SMILES string of the molecule is Cc1ccc([N+](=O)[O-])cc1-c1noc(C(O)CCN)n1. The fourth-order valence-corrected chi connectivity index (χ4v) is 1.73. The molecule has 0 bridgehead atoms. The Morgan fingerprint density at radius 2 is 2.30 bits per heavy atom. The van der Waals surface area contributed by atoms with E-state index in [0.29, 0.717) is 12.0 Å². The summed E-state index contributed by atoms with van der Waals surface area (Å²) in [7, 11) is 0. The number of rotatable bonds is 5. The number of nitro benzene ring substituents is 1. The lowest BCUT2D eigenvalue weighted by atomic mass is 10.1. The Morgan fingerprint density at radius 1 is 1.55 bits per heavy atom. The number of non-ortho nitro benzene ring substituents is 1. The zero-order valence-corrected chi connectivity index (χ0v) is 10.8. The minimum absolute atomic E-state index is 0.0522. The van der Waals surface area contributed by atoms with Crippen LogP contribution in [0.15, 0.2) is 22.7 Å². The van der Waals surface area contributed by atoms with Gasteiger partial charge in [-0.05, 0) is 25.5 Å². The third-order valence-corrected chi connectivity index (χ3v) is 2.84. The molecule has 0 aliphatic carbocycles. The van der Waals surface area contributed by atoms with E-state index in [1.54, 1.807) is 13.0 Å². The summed E-state index contributed by atoms with van der Waals surface area (Å²) in [5.41, 5.74) is 6.55. The third kappa shape index (κ3) is 2.81. The molecule has 20 heavy (non-hydrogen) atoms. The summed E-state index contributed by atoms with van der Waals surface area (Å²) in [5, 5.41) is 24.2. The second-order valence-corrected chi connectivity index (χ2v) is 4.31. The Bertz CT molecular complexity index is 626. The smallest absolute Gasteiger partial charge is 0.270 e. The summed E-state index contributed by atoms with van der Waals surface area (Å²) < 4.78 is 4.95. The van der Waals surface area contributed by atoms with E-state index in [1.165, 1.54) is 12.1 Å². The molecule has 0 aliphatic heterocycles. The van der Waals surface area contributed by atoms with E-state index in [1.807, 2.05) is 0 Å². The molecule has 2 aromatic rings. The van der Waals surface area contributed by atoms with Crippen molar-refractivity contribution in [3.05, 3.63) is 39.8 Å². The van der Waals surface area contributed by atoms with E-state index >= 15 is 0 Å². The molecule has 1 unspecified atom stereocenters. The van der Waals surface area contributed by atoms with E-state index in [-0.39, 0.29) is 23.9 Å². The average molecular weight is 278 g/mol. The van der Waals surface area contributed by atoms with Gasteiger partial charge >= 0.3 is 0 Å². The second kappa shape index (κ2) is 5.76. The van der Waals surface area contributed by atoms with Crippen molar-refractivity contribution in [1.29, 1.82) is 0 Å². The van der Waals surface area contributed by atoms with Crippen LogP contribution in [0.1, 0.15) is 24.0 Å². The molecule has 0 amide bonds. The highest BCUT2D eigenvalue weighted by Gasteiger charge is 2.19. The van der Waals surface area contributed by atoms with E-state index in [9.17, 15) is 15.2 Å². The normalized spacial score (nSPS) is 12.3. The number of nitrogens with zero attached hydrogens (tertiary/aromatic N) is 3. The molecule has 0 saturated heterocycles. The van der Waals surface area contributed by atoms with Crippen molar-refractivity contribution in [2.24, 2.45) is 5.73 Å². The molecule has 0 saturated carbocycles. The fraction of sp³-hybridized carbons (Fsp3) is 0.333. The number of aromatic nitrogens is 2. The topological polar surface area (TPSA) is 128 Å². The summed E-state index contributed by atoms with van der Waals surface area (Å²) in [6.45, 7) is 2.07. The molecule has 1 aromatic heterocycles. The van der Waals surface area contributed by atoms with Crippen molar-refractivity contribution >= 4 is 5.69 Å². The lowest BCUT2D eigenvalue weighted by Crippen LogP contribution is -2.06. The van der Waals surface area contributed by atoms with Crippen molar-refractivity contribution in [1.82, 2.24) is 10.1 Å². The zero-order valence-electron chi connectivity index (χ0n) is 10.8. The molecule has 1 heterocycles. The molecule has 0 spiro atoms. The highest BCUT2D eigenvalue weighted by molar-refractivity contribution is 5.63. The standard InChI is InChI=1S/C12H14N4O4/c1-7-2-3-8(16(18)19)6-9(7)11-14-12(20-15-11)10(17)4-5-13/h2-3,6,10,17H,4-5,13H2,1H3. The molecule has 106 valence electrons. The molecule has 1 atom stereocenters. The van der Waals surface area contributed by atoms with Crippen molar-refractivity contribution in [2.45, 2.75) is 19.4 Å². The predicted octanol–water partition coefficient (Wildman–Crippen LogP) is 1.34. The molecule has 3 N–H and O–H groups in total. The van der Waals surface area contributed by atoms with Gasteiger partial charge in [0, 0.05) is 17.7 Å². The number of nitrogens with two attached hydrogens (primary N) is 1. The molecular weight excluding hydrogens is 264 g/mol. The van der Waals surface area contributed by atoms with Gasteiger partial charge in [-0.25, -0.2) is 0 Å². The van der Waals surface area contributed by atoms with Gasteiger partial charge in [-0.15, -0.1) is 0 Å². The molecule has 0 aliphatic rings. The number of aliphatic hydroxyl groups is 1. The first-order valence-corrected chi connectivity index (χ1v) is 6.00. The van der Waals surface area contributed by atoms with Crippen LogP contribution >= 0.6 is 0 Å². The molecule has 8 nitrogen and oxygen atoms in total. The van der Waals surface area contributed by atoms with Crippen LogP contribution in [0.4, 0.5) is 5.69 Å². The minimum atomic E-state index is -0.930. The fourth-order valence-electron chi connectivity index (χ4n) is 1.73. The highest BCUT2D eigenvalue weighted by Crippen LogP contribution is 2.26. The lowest BCUT2D eigenvalue weighted by molar-refractivity contribution is -0.384. The number of nitro groups is 1. The van der Waals surface area contributed by atoms with Crippen molar-refractivity contribution < 1.29 is 14.6 Å². The third-order valence-electron chi connectivity index (χ3n) is 2.84. The van der Waals surface area contributed by atoms with E-state index in [0.717, 1.165) is 5.56 Å². The summed E-state index contributed by atoms with van der Waals surface area (Å²) in [6.07, 6.45) is -0.629. The van der Waals surface area contributed by atoms with Crippen molar-refractivity contribution in [2.75, 3.05) is 6.54 Å². The van der Waals surface area contributed by atoms with Gasteiger partial charge in [-0.2, -0.15) is 4.98 Å². The van der Waals surface area contributed by atoms with E-state index < -0.39 is 11.0 Å². The first-order valence-electron chi connectivity index (χ1n) is 6.00. The Hall–Kier alpha value is -2.32. The first-order chi connectivity index (χ1) is 9.52. The van der Waals surface area contributed by atoms with Gasteiger partial charge in [-0.3, -0.25) is 10.1 Å². The molecule has 0 fully saturated rings. The Morgan fingerprint density at radius 3 is 2.95 bits per heavy atom.